The molecule has 4 aliphatic carbocycles. The van der Waals surface area contributed by atoms with E-state index in [1.807, 2.05) is 0 Å². The molecule has 0 aromatic carbocycles. The van der Waals surface area contributed by atoms with Crippen molar-refractivity contribution >= 4 is 33.5 Å². The molecule has 5 aliphatic rings. The van der Waals surface area contributed by atoms with Gasteiger partial charge in [-0.25, -0.2) is 0 Å². The summed E-state index contributed by atoms with van der Waals surface area (Å²) in [5.74, 6) is 4.32. The molecule has 0 spiro atoms. The fraction of sp³-hybridized carbons (Fsp3) is 1.00. The molecule has 5 heteroatoms. The van der Waals surface area contributed by atoms with Gasteiger partial charge in [0.25, 0.3) is 0 Å². The maximum atomic E-state index is 4.53. The SMILES string of the molecule is C[Si](C)(C)C1([Si](C)(C)C)CCN(C2C3CC4CC(C3)CC2C4)[Si]1=[Si]. The summed E-state index contributed by atoms with van der Waals surface area (Å²) in [5, 5.41) is 0. The maximum Gasteiger partial charge on any atom is 0.0981 e. The van der Waals surface area contributed by atoms with E-state index in [0.717, 1.165) is 34.0 Å². The molecular formula is C19H37NSi4. The van der Waals surface area contributed by atoms with Crippen LogP contribution in [0.25, 0.3) is 0 Å². The summed E-state index contributed by atoms with van der Waals surface area (Å²) in [4.78, 5) is 0. The molecule has 0 N–H and O–H groups in total. The van der Waals surface area contributed by atoms with Gasteiger partial charge in [0.15, 0.2) is 0 Å². The quantitative estimate of drug-likeness (QED) is 0.632. The largest absolute Gasteiger partial charge is 0.407 e. The monoisotopic (exact) mass is 391 g/mol. The van der Waals surface area contributed by atoms with Crippen molar-refractivity contribution in [3.63, 3.8) is 0 Å². The molecule has 1 saturated heterocycles. The standard InChI is InChI=1S/C19H37NSi4/c1-23(2,3)19(24(4,5)6)7-8-20(22(19)21)18-16-10-14-9-15(12-16)13-17(18)11-14/h14-18H,7-13H2,1-6H3. The first-order valence-electron chi connectivity index (χ1n) is 10.4. The molecule has 1 nitrogen and oxygen atoms in total. The lowest BCUT2D eigenvalue weighted by Crippen LogP contribution is -2.63. The Morgan fingerprint density at radius 1 is 0.833 bits per heavy atom. The predicted molar refractivity (Wildman–Crippen MR) is 113 cm³/mol. The summed E-state index contributed by atoms with van der Waals surface area (Å²) in [5.41, 5.74) is 0. The number of hydrogen-bond donors (Lipinski definition) is 0. The summed E-state index contributed by atoms with van der Waals surface area (Å²) in [6.45, 7) is 17.5. The first kappa shape index (κ1) is 18.1. The average molecular weight is 392 g/mol. The fourth-order valence-corrected chi connectivity index (χ4v) is 35.1. The molecule has 1 heterocycles. The molecule has 1 aliphatic heterocycles. The Bertz CT molecular complexity index is 503. The average Bonchev–Trinajstić information content (AvgIpc) is 2.75. The molecule has 0 amide bonds. The minimum absolute atomic E-state index is 0.588. The maximum absolute atomic E-state index is 4.53. The molecule has 24 heavy (non-hydrogen) atoms. The van der Waals surface area contributed by atoms with Gasteiger partial charge in [-0.05, 0) is 66.5 Å². The van der Waals surface area contributed by atoms with Crippen LogP contribution < -0.4 is 0 Å². The molecule has 2 radical (unpaired) electrons. The van der Waals surface area contributed by atoms with Crippen molar-refractivity contribution < 1.29 is 0 Å². The van der Waals surface area contributed by atoms with E-state index in [9.17, 15) is 0 Å². The van der Waals surface area contributed by atoms with Crippen molar-refractivity contribution in [1.82, 2.24) is 4.57 Å². The van der Waals surface area contributed by atoms with Crippen LogP contribution in [-0.4, -0.2) is 50.7 Å². The van der Waals surface area contributed by atoms with E-state index in [0.29, 0.717) is 0 Å². The second kappa shape index (κ2) is 5.58. The van der Waals surface area contributed by atoms with Gasteiger partial charge in [-0.15, -0.1) is 0 Å². The molecule has 5 rings (SSSR count). The normalized spacial score (nSPS) is 41.3. The van der Waals surface area contributed by atoms with Crippen LogP contribution in [0.15, 0.2) is 0 Å². The van der Waals surface area contributed by atoms with E-state index in [1.165, 1.54) is 13.0 Å². The molecule has 134 valence electrons. The number of nitrogens with zero attached hydrogens (tertiary/aromatic N) is 1. The minimum Gasteiger partial charge on any atom is -0.407 e. The fourth-order valence-electron chi connectivity index (χ4n) is 8.05. The van der Waals surface area contributed by atoms with E-state index >= 15 is 0 Å². The zero-order valence-corrected chi connectivity index (χ0v) is 20.8. The Labute approximate surface area is 156 Å². The van der Waals surface area contributed by atoms with Crippen LogP contribution in [0.3, 0.4) is 0 Å². The van der Waals surface area contributed by atoms with Crippen LogP contribution in [0.2, 0.25) is 43.6 Å². The zero-order valence-electron chi connectivity index (χ0n) is 16.8. The Hall–Kier alpha value is 0.668. The van der Waals surface area contributed by atoms with Gasteiger partial charge in [0.05, 0.1) is 24.2 Å². The van der Waals surface area contributed by atoms with Crippen LogP contribution in [0.5, 0.6) is 0 Å². The van der Waals surface area contributed by atoms with Crippen molar-refractivity contribution in [3.8, 4) is 0 Å². The summed E-state index contributed by atoms with van der Waals surface area (Å²) < 4.78 is 3.83. The summed E-state index contributed by atoms with van der Waals surface area (Å²) in [7, 11) is 1.54. The van der Waals surface area contributed by atoms with Gasteiger partial charge in [0, 0.05) is 21.9 Å². The Kier molecular flexibility index (Phi) is 4.20. The van der Waals surface area contributed by atoms with Crippen molar-refractivity contribution in [1.29, 1.82) is 0 Å². The molecule has 0 aromatic rings. The third-order valence-corrected chi connectivity index (χ3v) is 30.4. The lowest BCUT2D eigenvalue weighted by atomic mass is 9.54. The van der Waals surface area contributed by atoms with Crippen molar-refractivity contribution in [2.24, 2.45) is 23.7 Å². The summed E-state index contributed by atoms with van der Waals surface area (Å²) in [6.07, 6.45) is 9.38. The molecule has 4 saturated carbocycles. The van der Waals surface area contributed by atoms with Crippen LogP contribution in [-0.2, 0) is 0 Å². The second-order valence-corrected chi connectivity index (χ2v) is 27.4. The van der Waals surface area contributed by atoms with Gasteiger partial charge < -0.3 is 4.57 Å². The van der Waals surface area contributed by atoms with Crippen molar-refractivity contribution in [2.75, 3.05) is 6.54 Å². The van der Waals surface area contributed by atoms with E-state index in [4.69, 9.17) is 0 Å². The Balaban J connectivity index is 1.66. The first-order valence-corrected chi connectivity index (χ1v) is 20.3. The van der Waals surface area contributed by atoms with Crippen LogP contribution >= 0.6 is 0 Å². The van der Waals surface area contributed by atoms with Gasteiger partial charge in [-0.1, -0.05) is 39.3 Å². The molecule has 0 atom stereocenters. The minimum atomic E-state index is -1.20. The summed E-state index contributed by atoms with van der Waals surface area (Å²) >= 11 is 0. The van der Waals surface area contributed by atoms with Crippen LogP contribution in [0, 0.1) is 23.7 Å². The van der Waals surface area contributed by atoms with Crippen molar-refractivity contribution in [2.45, 2.75) is 88.1 Å². The third kappa shape index (κ3) is 2.39. The molecule has 5 fully saturated rings. The van der Waals surface area contributed by atoms with Crippen molar-refractivity contribution in [3.05, 3.63) is 0 Å². The highest BCUT2D eigenvalue weighted by Crippen LogP contribution is 2.59. The molecule has 0 aromatic heterocycles. The predicted octanol–water partition coefficient (Wildman–Crippen LogP) is 4.67. The van der Waals surface area contributed by atoms with Gasteiger partial charge in [-0.2, -0.15) is 0 Å². The Morgan fingerprint density at radius 2 is 1.29 bits per heavy atom. The molecule has 0 unspecified atom stereocenters. The lowest BCUT2D eigenvalue weighted by Gasteiger charge is -2.58. The zero-order chi connectivity index (χ0) is 17.5. The second-order valence-electron chi connectivity index (χ2n) is 11.6. The smallest absolute Gasteiger partial charge is 0.0981 e. The number of hydrogen-bond acceptors (Lipinski definition) is 1. The summed E-state index contributed by atoms with van der Waals surface area (Å²) in [6, 6.07) is 0.957. The topological polar surface area (TPSA) is 3.24 Å². The van der Waals surface area contributed by atoms with Crippen LogP contribution in [0.4, 0.5) is 0 Å². The van der Waals surface area contributed by atoms with Gasteiger partial charge in [0.2, 0.25) is 0 Å². The highest BCUT2D eigenvalue weighted by Gasteiger charge is 2.61. The number of rotatable bonds is 3. The Morgan fingerprint density at radius 3 is 1.67 bits per heavy atom. The highest BCUT2D eigenvalue weighted by molar-refractivity contribution is 7.13. The highest BCUT2D eigenvalue weighted by atomic mass is 28.9. The van der Waals surface area contributed by atoms with Gasteiger partial charge >= 0.3 is 0 Å². The van der Waals surface area contributed by atoms with E-state index in [2.05, 4.69) is 53.2 Å². The lowest BCUT2D eigenvalue weighted by molar-refractivity contribution is -0.0394. The van der Waals surface area contributed by atoms with Gasteiger partial charge in [0.1, 0.15) is 0 Å². The van der Waals surface area contributed by atoms with Crippen LogP contribution in [0.1, 0.15) is 38.5 Å². The van der Waals surface area contributed by atoms with E-state index in [-0.39, 0.29) is 0 Å². The first-order chi connectivity index (χ1) is 11.0. The molecule has 4 bridgehead atoms. The molecular weight excluding hydrogens is 355 g/mol. The van der Waals surface area contributed by atoms with Gasteiger partial charge in [-0.3, -0.25) is 0 Å². The third-order valence-electron chi connectivity index (χ3n) is 8.52. The van der Waals surface area contributed by atoms with E-state index < -0.39 is 24.2 Å². The van der Waals surface area contributed by atoms with E-state index in [1.54, 1.807) is 32.1 Å².